The Hall–Kier alpha value is -1.87. The molecule has 3 aliphatic rings. The lowest BCUT2D eigenvalue weighted by atomic mass is 9.93. The molecule has 3 fully saturated rings. The number of nitrogens with zero attached hydrogens (tertiary/aromatic N) is 2. The van der Waals surface area contributed by atoms with Crippen molar-refractivity contribution in [3.8, 4) is 5.88 Å². The zero-order chi connectivity index (χ0) is 23.8. The topological polar surface area (TPSA) is 95.0 Å². The first-order chi connectivity index (χ1) is 15.5. The Morgan fingerprint density at radius 3 is 2.09 bits per heavy atom. The van der Waals surface area contributed by atoms with Crippen molar-refractivity contribution >= 4 is 15.9 Å². The van der Waals surface area contributed by atoms with Crippen molar-refractivity contribution in [1.82, 2.24) is 9.88 Å². The molecule has 0 aromatic carbocycles. The first-order valence-corrected chi connectivity index (χ1v) is 13.9. The second-order valence-corrected chi connectivity index (χ2v) is 12.6. The van der Waals surface area contributed by atoms with Crippen LogP contribution in [0.3, 0.4) is 0 Å². The maximum absolute atomic E-state index is 12.6. The third-order valence-corrected chi connectivity index (χ3v) is 7.82. The zero-order valence-corrected chi connectivity index (χ0v) is 20.8. The van der Waals surface area contributed by atoms with Crippen molar-refractivity contribution in [2.24, 2.45) is 0 Å². The first-order valence-electron chi connectivity index (χ1n) is 12.0. The number of aromatic nitrogens is 1. The van der Waals surface area contributed by atoms with Gasteiger partial charge >= 0.3 is 6.09 Å². The van der Waals surface area contributed by atoms with Gasteiger partial charge in [0.25, 0.3) is 0 Å². The molecule has 2 aliphatic heterocycles. The first kappa shape index (κ1) is 24.3. The van der Waals surface area contributed by atoms with Crippen LogP contribution in [0, 0.1) is 0 Å². The Bertz CT molecular complexity index is 921. The molecule has 0 spiro atoms. The van der Waals surface area contributed by atoms with Gasteiger partial charge in [0.2, 0.25) is 5.88 Å². The number of amides is 1. The molecule has 8 nitrogen and oxygen atoms in total. The van der Waals surface area contributed by atoms with Crippen molar-refractivity contribution in [2.75, 3.05) is 6.26 Å². The van der Waals surface area contributed by atoms with Gasteiger partial charge in [0, 0.05) is 30.6 Å². The van der Waals surface area contributed by atoms with Gasteiger partial charge < -0.3 is 19.1 Å². The smallest absolute Gasteiger partial charge is 0.410 e. The summed E-state index contributed by atoms with van der Waals surface area (Å²) in [4.78, 5) is 18.9. The van der Waals surface area contributed by atoms with Crippen LogP contribution in [0.5, 0.6) is 5.88 Å². The van der Waals surface area contributed by atoms with Gasteiger partial charge in [-0.25, -0.2) is 18.2 Å². The lowest BCUT2D eigenvalue weighted by molar-refractivity contribution is -0.0814. The molecular weight excluding hydrogens is 444 g/mol. The third-order valence-electron chi connectivity index (χ3n) is 6.73. The third kappa shape index (κ3) is 6.18. The minimum Gasteiger partial charge on any atom is -0.474 e. The van der Waals surface area contributed by atoms with E-state index >= 15 is 0 Å². The number of fused-ring (bicyclic) bond motifs is 2. The minimum absolute atomic E-state index is 0.0617. The van der Waals surface area contributed by atoms with Crippen LogP contribution in [-0.2, 0) is 19.3 Å². The number of piperidine rings is 1. The predicted molar refractivity (Wildman–Crippen MR) is 123 cm³/mol. The Labute approximate surface area is 196 Å². The molecule has 1 aliphatic carbocycles. The van der Waals surface area contributed by atoms with Crippen molar-refractivity contribution in [1.29, 1.82) is 0 Å². The monoisotopic (exact) mass is 480 g/mol. The molecule has 1 aromatic heterocycles. The van der Waals surface area contributed by atoms with Crippen molar-refractivity contribution < 1.29 is 27.4 Å². The summed E-state index contributed by atoms with van der Waals surface area (Å²) in [5.41, 5.74) is -0.476. The number of sulfone groups is 1. The van der Waals surface area contributed by atoms with E-state index in [4.69, 9.17) is 14.2 Å². The Balaban J connectivity index is 1.23. The Morgan fingerprint density at radius 2 is 1.58 bits per heavy atom. The highest BCUT2D eigenvalue weighted by atomic mass is 32.2. The van der Waals surface area contributed by atoms with Gasteiger partial charge in [-0.1, -0.05) is 0 Å². The fraction of sp³-hybridized carbons (Fsp3) is 0.750. The lowest BCUT2D eigenvalue weighted by Gasteiger charge is -2.41. The van der Waals surface area contributed by atoms with Gasteiger partial charge in [-0.15, -0.1) is 0 Å². The number of pyridine rings is 1. The molecule has 184 valence electrons. The van der Waals surface area contributed by atoms with E-state index in [1.165, 1.54) is 18.5 Å². The Morgan fingerprint density at radius 1 is 0.970 bits per heavy atom. The molecule has 33 heavy (non-hydrogen) atoms. The average Bonchev–Trinajstić information content (AvgIpc) is 2.99. The molecule has 1 saturated carbocycles. The standard InChI is InChI=1S/C24H36N2O6S/c1-24(2,3)32-23(27)26-16-5-6-17(26)14-20(13-16)30-18-7-9-19(10-8-18)31-22-12-11-21(15-25-22)33(4,28)29/h11-12,15-20H,5-10,13-14H2,1-4H3/t16-,17+,18?,19?,20?. The van der Waals surface area contributed by atoms with Gasteiger partial charge in [0.05, 0.1) is 17.1 Å². The van der Waals surface area contributed by atoms with Gasteiger partial charge in [-0.2, -0.15) is 0 Å². The molecule has 9 heteroatoms. The van der Waals surface area contributed by atoms with Gasteiger partial charge in [-0.3, -0.25) is 0 Å². The number of hydrogen-bond acceptors (Lipinski definition) is 7. The highest BCUT2D eigenvalue weighted by Gasteiger charge is 2.45. The summed E-state index contributed by atoms with van der Waals surface area (Å²) < 4.78 is 41.2. The maximum atomic E-state index is 12.6. The largest absolute Gasteiger partial charge is 0.474 e. The molecule has 2 bridgehead atoms. The summed E-state index contributed by atoms with van der Waals surface area (Å²) in [5, 5.41) is 0. The molecule has 4 rings (SSSR count). The second-order valence-electron chi connectivity index (χ2n) is 10.6. The fourth-order valence-electron chi connectivity index (χ4n) is 5.24. The van der Waals surface area contributed by atoms with Gasteiger partial charge in [-0.05, 0) is 78.2 Å². The summed E-state index contributed by atoms with van der Waals surface area (Å²) in [7, 11) is -3.26. The number of carbonyl (C=O) groups excluding carboxylic acids is 1. The van der Waals surface area contributed by atoms with Crippen LogP contribution < -0.4 is 4.74 Å². The van der Waals surface area contributed by atoms with Gasteiger partial charge in [0.1, 0.15) is 11.7 Å². The summed E-state index contributed by atoms with van der Waals surface area (Å²) in [6, 6.07) is 3.57. The highest BCUT2D eigenvalue weighted by Crippen LogP contribution is 2.39. The van der Waals surface area contributed by atoms with Crippen LogP contribution in [0.15, 0.2) is 23.2 Å². The SMILES string of the molecule is CC(C)(C)OC(=O)N1[C@@H]2CC[C@H]1CC(OC1CCC(Oc3ccc(S(C)(=O)=O)cn3)CC1)C2. The van der Waals surface area contributed by atoms with Crippen LogP contribution in [0.4, 0.5) is 4.79 Å². The second kappa shape index (κ2) is 9.41. The molecule has 1 amide bonds. The van der Waals surface area contributed by atoms with E-state index in [2.05, 4.69) is 4.98 Å². The number of ether oxygens (including phenoxy) is 3. The molecule has 0 radical (unpaired) electrons. The van der Waals surface area contributed by atoms with Crippen LogP contribution in [0.2, 0.25) is 0 Å². The van der Waals surface area contributed by atoms with Crippen molar-refractivity contribution in [3.63, 3.8) is 0 Å². The minimum atomic E-state index is -3.26. The molecule has 1 unspecified atom stereocenters. The van der Waals surface area contributed by atoms with E-state index in [1.54, 1.807) is 6.07 Å². The number of carbonyl (C=O) groups is 1. The summed E-state index contributed by atoms with van der Waals surface area (Å²) >= 11 is 0. The van der Waals surface area contributed by atoms with Crippen LogP contribution in [0.1, 0.15) is 72.1 Å². The molecule has 2 saturated heterocycles. The van der Waals surface area contributed by atoms with E-state index < -0.39 is 15.4 Å². The normalized spacial score (nSPS) is 30.2. The molecule has 3 atom stereocenters. The van der Waals surface area contributed by atoms with E-state index in [0.29, 0.717) is 5.88 Å². The van der Waals surface area contributed by atoms with Crippen molar-refractivity contribution in [2.45, 2.75) is 113 Å². The fourth-order valence-corrected chi connectivity index (χ4v) is 5.80. The van der Waals surface area contributed by atoms with Crippen LogP contribution in [-0.4, -0.2) is 66.6 Å². The van der Waals surface area contributed by atoms with E-state index in [9.17, 15) is 13.2 Å². The summed E-state index contributed by atoms with van der Waals surface area (Å²) in [6.07, 6.45) is 10.2. The quantitative estimate of drug-likeness (QED) is 0.625. The molecule has 1 aromatic rings. The Kier molecular flexibility index (Phi) is 6.92. The summed E-state index contributed by atoms with van der Waals surface area (Å²) in [5.74, 6) is 0.456. The average molecular weight is 481 g/mol. The summed E-state index contributed by atoms with van der Waals surface area (Å²) in [6.45, 7) is 5.72. The van der Waals surface area contributed by atoms with Crippen LogP contribution >= 0.6 is 0 Å². The zero-order valence-electron chi connectivity index (χ0n) is 20.0. The van der Waals surface area contributed by atoms with Crippen molar-refractivity contribution in [3.05, 3.63) is 18.3 Å². The van der Waals surface area contributed by atoms with Gasteiger partial charge in [0.15, 0.2) is 9.84 Å². The van der Waals surface area contributed by atoms with Crippen LogP contribution in [0.25, 0.3) is 0 Å². The predicted octanol–water partition coefficient (Wildman–Crippen LogP) is 4.12. The molecular formula is C24H36N2O6S. The molecule has 0 N–H and O–H groups in total. The lowest BCUT2D eigenvalue weighted by Crippen LogP contribution is -2.50. The number of rotatable bonds is 5. The van der Waals surface area contributed by atoms with E-state index in [-0.39, 0.29) is 41.4 Å². The van der Waals surface area contributed by atoms with E-state index in [1.807, 2.05) is 25.7 Å². The molecule has 3 heterocycles. The number of hydrogen-bond donors (Lipinski definition) is 0. The highest BCUT2D eigenvalue weighted by molar-refractivity contribution is 7.90. The maximum Gasteiger partial charge on any atom is 0.410 e. The van der Waals surface area contributed by atoms with E-state index in [0.717, 1.165) is 51.4 Å².